The van der Waals surface area contributed by atoms with Gasteiger partial charge in [-0.3, -0.25) is 0 Å². The van der Waals surface area contributed by atoms with Crippen LogP contribution in [0.1, 0.15) is 0 Å². The minimum absolute atomic E-state index is 0.854. The molecule has 3 aromatic carbocycles. The second-order valence-corrected chi connectivity index (χ2v) is 4.46. The van der Waals surface area contributed by atoms with Gasteiger partial charge in [0.2, 0.25) is 0 Å². The second kappa shape index (κ2) is 5.15. The van der Waals surface area contributed by atoms with Crippen LogP contribution in [0, 0.1) is 0 Å². The van der Waals surface area contributed by atoms with Crippen LogP contribution in [0.3, 0.4) is 0 Å². The average Bonchev–Trinajstić information content (AvgIpc) is 2.48. The number of benzene rings is 3. The molecule has 0 radical (unpaired) electrons. The standard InChI is InChI=1S/C17H11NS/c19-12-18-17-8-4-3-7-16(17)15-10-9-13-5-1-2-6-14(13)11-15/h1-11H. The molecule has 0 atom stereocenters. The van der Waals surface area contributed by atoms with Gasteiger partial charge < -0.3 is 0 Å². The smallest absolute Gasteiger partial charge is 0.0817 e. The fourth-order valence-electron chi connectivity index (χ4n) is 2.22. The van der Waals surface area contributed by atoms with Gasteiger partial charge in [0.25, 0.3) is 0 Å². The van der Waals surface area contributed by atoms with Crippen LogP contribution < -0.4 is 0 Å². The molecule has 3 rings (SSSR count). The van der Waals surface area contributed by atoms with Crippen molar-refractivity contribution < 1.29 is 0 Å². The monoisotopic (exact) mass is 261 g/mol. The molecule has 0 unspecified atom stereocenters. The number of thiocarbonyl (C=S) groups is 1. The number of fused-ring (bicyclic) bond motifs is 1. The van der Waals surface area contributed by atoms with E-state index in [2.05, 4.69) is 46.6 Å². The van der Waals surface area contributed by atoms with Crippen molar-refractivity contribution in [3.05, 3.63) is 66.7 Å². The Labute approximate surface area is 117 Å². The number of isothiocyanates is 1. The molecule has 0 bridgehead atoms. The minimum atomic E-state index is 0.854. The van der Waals surface area contributed by atoms with E-state index < -0.39 is 0 Å². The quantitative estimate of drug-likeness (QED) is 0.454. The van der Waals surface area contributed by atoms with Crippen LogP contribution >= 0.6 is 12.2 Å². The van der Waals surface area contributed by atoms with Crippen LogP contribution in [0.25, 0.3) is 21.9 Å². The topological polar surface area (TPSA) is 12.4 Å². The Morgan fingerprint density at radius 2 is 1.53 bits per heavy atom. The average molecular weight is 261 g/mol. The van der Waals surface area contributed by atoms with Gasteiger partial charge in [0.05, 0.1) is 10.8 Å². The number of nitrogens with zero attached hydrogens (tertiary/aromatic N) is 1. The number of hydrogen-bond donors (Lipinski definition) is 0. The first-order valence-corrected chi connectivity index (χ1v) is 6.45. The van der Waals surface area contributed by atoms with E-state index in [1.807, 2.05) is 30.3 Å². The summed E-state index contributed by atoms with van der Waals surface area (Å²) in [5.41, 5.74) is 3.07. The summed E-state index contributed by atoms with van der Waals surface area (Å²) in [7, 11) is 0. The normalized spacial score (nSPS) is 10.1. The van der Waals surface area contributed by atoms with Gasteiger partial charge in [-0.15, -0.1) is 0 Å². The van der Waals surface area contributed by atoms with Gasteiger partial charge in [0.1, 0.15) is 0 Å². The Morgan fingerprint density at radius 3 is 2.37 bits per heavy atom. The first kappa shape index (κ1) is 11.8. The second-order valence-electron chi connectivity index (χ2n) is 4.28. The van der Waals surface area contributed by atoms with Crippen LogP contribution in [0.4, 0.5) is 5.69 Å². The summed E-state index contributed by atoms with van der Waals surface area (Å²) >= 11 is 4.70. The summed E-state index contributed by atoms with van der Waals surface area (Å²) in [5.74, 6) is 0. The minimum Gasteiger partial charge on any atom is -0.194 e. The first-order chi connectivity index (χ1) is 9.38. The largest absolute Gasteiger partial charge is 0.194 e. The van der Waals surface area contributed by atoms with Crippen molar-refractivity contribution in [2.45, 2.75) is 0 Å². The SMILES string of the molecule is S=C=Nc1ccccc1-c1ccc2ccccc2c1. The highest BCUT2D eigenvalue weighted by molar-refractivity contribution is 7.78. The number of aliphatic imine (C=N–C) groups is 1. The van der Waals surface area contributed by atoms with Crippen LogP contribution in [0.2, 0.25) is 0 Å². The van der Waals surface area contributed by atoms with Crippen molar-refractivity contribution in [2.24, 2.45) is 4.99 Å². The van der Waals surface area contributed by atoms with Crippen molar-refractivity contribution in [2.75, 3.05) is 0 Å². The van der Waals surface area contributed by atoms with Crippen LogP contribution in [0.15, 0.2) is 71.7 Å². The zero-order chi connectivity index (χ0) is 13.1. The molecular formula is C17H11NS. The Kier molecular flexibility index (Phi) is 3.20. The summed E-state index contributed by atoms with van der Waals surface area (Å²) in [5, 5.41) is 4.90. The molecule has 0 saturated heterocycles. The van der Waals surface area contributed by atoms with Gasteiger partial charge in [-0.25, -0.2) is 0 Å². The fourth-order valence-corrected chi connectivity index (χ4v) is 2.32. The lowest BCUT2D eigenvalue weighted by molar-refractivity contribution is 1.53. The van der Waals surface area contributed by atoms with E-state index in [0.717, 1.165) is 16.8 Å². The molecule has 0 fully saturated rings. The van der Waals surface area contributed by atoms with Crippen LogP contribution in [-0.2, 0) is 0 Å². The van der Waals surface area contributed by atoms with E-state index in [9.17, 15) is 0 Å². The van der Waals surface area contributed by atoms with E-state index in [-0.39, 0.29) is 0 Å². The highest BCUT2D eigenvalue weighted by Gasteiger charge is 2.04. The molecule has 2 heteroatoms. The van der Waals surface area contributed by atoms with Crippen molar-refractivity contribution in [3.8, 4) is 11.1 Å². The summed E-state index contributed by atoms with van der Waals surface area (Å²) in [6, 6.07) is 22.7. The van der Waals surface area contributed by atoms with E-state index in [4.69, 9.17) is 12.2 Å². The third-order valence-corrected chi connectivity index (χ3v) is 3.22. The number of para-hydroxylation sites is 1. The zero-order valence-corrected chi connectivity index (χ0v) is 11.0. The fraction of sp³-hybridized carbons (Fsp3) is 0. The summed E-state index contributed by atoms with van der Waals surface area (Å²) in [6.45, 7) is 0. The number of rotatable bonds is 2. The Hall–Kier alpha value is -2.28. The van der Waals surface area contributed by atoms with Gasteiger partial charge in [0.15, 0.2) is 0 Å². The Bertz CT molecular complexity index is 786. The maximum Gasteiger partial charge on any atom is 0.0817 e. The lowest BCUT2D eigenvalue weighted by Crippen LogP contribution is -1.80. The van der Waals surface area contributed by atoms with Gasteiger partial charge in [-0.1, -0.05) is 54.6 Å². The molecule has 0 aliphatic carbocycles. The third-order valence-electron chi connectivity index (χ3n) is 3.13. The molecular weight excluding hydrogens is 250 g/mol. The first-order valence-electron chi connectivity index (χ1n) is 6.04. The lowest BCUT2D eigenvalue weighted by Gasteiger charge is -2.06. The third kappa shape index (κ3) is 2.32. The van der Waals surface area contributed by atoms with Crippen LogP contribution in [-0.4, -0.2) is 5.16 Å². The van der Waals surface area contributed by atoms with E-state index in [0.29, 0.717) is 0 Å². The van der Waals surface area contributed by atoms with Crippen LogP contribution in [0.5, 0.6) is 0 Å². The van der Waals surface area contributed by atoms with E-state index in [1.165, 1.54) is 10.8 Å². The summed E-state index contributed by atoms with van der Waals surface area (Å²) in [4.78, 5) is 4.13. The van der Waals surface area contributed by atoms with Gasteiger partial charge in [0, 0.05) is 5.56 Å². The van der Waals surface area contributed by atoms with Crippen molar-refractivity contribution >= 4 is 33.8 Å². The van der Waals surface area contributed by atoms with Gasteiger partial charge in [-0.05, 0) is 40.7 Å². The maximum atomic E-state index is 4.70. The molecule has 19 heavy (non-hydrogen) atoms. The molecule has 0 heterocycles. The number of hydrogen-bond acceptors (Lipinski definition) is 2. The predicted molar refractivity (Wildman–Crippen MR) is 84.1 cm³/mol. The zero-order valence-electron chi connectivity index (χ0n) is 10.2. The molecule has 0 N–H and O–H groups in total. The predicted octanol–water partition coefficient (Wildman–Crippen LogP) is 5.24. The van der Waals surface area contributed by atoms with Crippen molar-refractivity contribution in [1.82, 2.24) is 0 Å². The Balaban J connectivity index is 2.21. The van der Waals surface area contributed by atoms with Gasteiger partial charge >= 0.3 is 0 Å². The molecule has 0 aromatic heterocycles. The summed E-state index contributed by atoms with van der Waals surface area (Å²) in [6.07, 6.45) is 0. The maximum absolute atomic E-state index is 4.70. The molecule has 0 aliphatic rings. The Morgan fingerprint density at radius 1 is 0.789 bits per heavy atom. The van der Waals surface area contributed by atoms with E-state index in [1.54, 1.807) is 0 Å². The van der Waals surface area contributed by atoms with Crippen molar-refractivity contribution in [1.29, 1.82) is 0 Å². The molecule has 0 saturated carbocycles. The molecule has 0 aliphatic heterocycles. The highest BCUT2D eigenvalue weighted by atomic mass is 32.1. The molecule has 3 aromatic rings. The summed E-state index contributed by atoms with van der Waals surface area (Å²) < 4.78 is 0. The van der Waals surface area contributed by atoms with E-state index >= 15 is 0 Å². The lowest BCUT2D eigenvalue weighted by atomic mass is 10.00. The molecule has 90 valence electrons. The molecule has 0 spiro atoms. The molecule has 0 amide bonds. The van der Waals surface area contributed by atoms with Gasteiger partial charge in [-0.2, -0.15) is 4.99 Å². The molecule has 1 nitrogen and oxygen atoms in total. The highest BCUT2D eigenvalue weighted by Crippen LogP contribution is 2.31. The van der Waals surface area contributed by atoms with Crippen molar-refractivity contribution in [3.63, 3.8) is 0 Å².